The highest BCUT2D eigenvalue weighted by molar-refractivity contribution is 5.97. The van der Waals surface area contributed by atoms with E-state index in [1.165, 1.54) is 7.11 Å². The minimum Gasteiger partial charge on any atom is -0.481 e. The number of aryl methyl sites for hydroxylation is 1. The molecular formula is C21H25NO4. The molecule has 138 valence electrons. The first-order chi connectivity index (χ1) is 12.3. The molecule has 0 heterocycles. The lowest BCUT2D eigenvalue weighted by atomic mass is 10.0. The molecule has 0 aliphatic carbocycles. The van der Waals surface area contributed by atoms with Gasteiger partial charge < -0.3 is 14.8 Å². The molecule has 1 unspecified atom stereocenters. The van der Waals surface area contributed by atoms with Gasteiger partial charge in [0.25, 0.3) is 5.91 Å². The molecule has 0 aromatic heterocycles. The summed E-state index contributed by atoms with van der Waals surface area (Å²) in [7, 11) is 1.32. The van der Waals surface area contributed by atoms with Gasteiger partial charge >= 0.3 is 5.97 Å². The van der Waals surface area contributed by atoms with Crippen LogP contribution in [0.4, 0.5) is 5.69 Å². The average molecular weight is 355 g/mol. The predicted octanol–water partition coefficient (Wildman–Crippen LogP) is 4.31. The van der Waals surface area contributed by atoms with Crippen molar-refractivity contribution in [3.05, 3.63) is 59.2 Å². The third-order valence-electron chi connectivity index (χ3n) is 4.13. The minimum atomic E-state index is -0.684. The van der Waals surface area contributed by atoms with E-state index in [9.17, 15) is 9.59 Å². The Hall–Kier alpha value is -2.82. The van der Waals surface area contributed by atoms with Crippen LogP contribution in [0.3, 0.4) is 0 Å². The van der Waals surface area contributed by atoms with Crippen molar-refractivity contribution in [1.29, 1.82) is 0 Å². The Morgan fingerprint density at radius 3 is 2.38 bits per heavy atom. The van der Waals surface area contributed by atoms with Gasteiger partial charge in [0.05, 0.1) is 12.7 Å². The normalized spacial score (nSPS) is 11.8. The Kier molecular flexibility index (Phi) is 6.39. The highest BCUT2D eigenvalue weighted by atomic mass is 16.5. The maximum atomic E-state index is 12.5. The fourth-order valence-corrected chi connectivity index (χ4v) is 2.54. The number of ether oxygens (including phenoxy) is 2. The zero-order valence-corrected chi connectivity index (χ0v) is 15.8. The summed E-state index contributed by atoms with van der Waals surface area (Å²) in [6.45, 7) is 7.71. The second-order valence-electron chi connectivity index (χ2n) is 6.46. The van der Waals surface area contributed by atoms with E-state index in [0.29, 0.717) is 22.9 Å². The van der Waals surface area contributed by atoms with Crippen molar-refractivity contribution in [2.24, 2.45) is 0 Å². The van der Waals surface area contributed by atoms with Crippen LogP contribution in [-0.2, 0) is 9.53 Å². The summed E-state index contributed by atoms with van der Waals surface area (Å²) in [5.74, 6) is 0.259. The first-order valence-electron chi connectivity index (χ1n) is 8.59. The quantitative estimate of drug-likeness (QED) is 0.784. The van der Waals surface area contributed by atoms with Gasteiger partial charge in [-0.15, -0.1) is 0 Å². The summed E-state index contributed by atoms with van der Waals surface area (Å²) in [5, 5.41) is 2.83. The maximum Gasteiger partial charge on any atom is 0.337 e. The van der Waals surface area contributed by atoms with E-state index in [-0.39, 0.29) is 5.91 Å². The number of methoxy groups -OCH3 is 1. The summed E-state index contributed by atoms with van der Waals surface area (Å²) in [5.41, 5.74) is 2.84. The van der Waals surface area contributed by atoms with E-state index in [4.69, 9.17) is 9.47 Å². The lowest BCUT2D eigenvalue weighted by Crippen LogP contribution is -2.30. The fraction of sp³-hybridized carbons (Fsp3) is 0.333. The number of carbonyl (C=O) groups excluding carboxylic acids is 2. The third-order valence-corrected chi connectivity index (χ3v) is 4.13. The summed E-state index contributed by atoms with van der Waals surface area (Å²) >= 11 is 0. The van der Waals surface area contributed by atoms with E-state index in [1.807, 2.05) is 31.2 Å². The van der Waals surface area contributed by atoms with Crippen LogP contribution in [0.5, 0.6) is 5.75 Å². The zero-order chi connectivity index (χ0) is 19.3. The molecule has 1 N–H and O–H groups in total. The molecular weight excluding hydrogens is 330 g/mol. The van der Waals surface area contributed by atoms with Crippen molar-refractivity contribution in [2.75, 3.05) is 12.4 Å². The van der Waals surface area contributed by atoms with Crippen LogP contribution in [0.25, 0.3) is 0 Å². The van der Waals surface area contributed by atoms with Gasteiger partial charge in [0, 0.05) is 5.69 Å². The van der Waals surface area contributed by atoms with Gasteiger partial charge in [-0.1, -0.05) is 38.1 Å². The number of esters is 1. The number of hydrogen-bond acceptors (Lipinski definition) is 4. The fourth-order valence-electron chi connectivity index (χ4n) is 2.54. The van der Waals surface area contributed by atoms with Crippen molar-refractivity contribution in [3.63, 3.8) is 0 Å². The van der Waals surface area contributed by atoms with Crippen LogP contribution in [0.2, 0.25) is 0 Å². The molecule has 0 saturated heterocycles. The van der Waals surface area contributed by atoms with Crippen LogP contribution < -0.4 is 10.1 Å². The number of amides is 1. The number of rotatable bonds is 6. The molecule has 0 spiro atoms. The Balaban J connectivity index is 2.14. The average Bonchev–Trinajstić information content (AvgIpc) is 2.63. The number of hydrogen-bond donors (Lipinski definition) is 1. The highest BCUT2D eigenvalue weighted by Gasteiger charge is 2.19. The predicted molar refractivity (Wildman–Crippen MR) is 102 cm³/mol. The van der Waals surface area contributed by atoms with Gasteiger partial charge in [-0.05, 0) is 49.1 Å². The molecule has 2 aromatic carbocycles. The number of para-hydroxylation sites is 1. The van der Waals surface area contributed by atoms with Crippen LogP contribution >= 0.6 is 0 Å². The Morgan fingerprint density at radius 2 is 1.73 bits per heavy atom. The first-order valence-corrected chi connectivity index (χ1v) is 8.59. The Labute approximate surface area is 154 Å². The zero-order valence-electron chi connectivity index (χ0n) is 15.8. The van der Waals surface area contributed by atoms with Crippen molar-refractivity contribution in [2.45, 2.75) is 39.7 Å². The molecule has 5 heteroatoms. The number of nitrogens with one attached hydrogen (secondary N) is 1. The maximum absolute atomic E-state index is 12.5. The first kappa shape index (κ1) is 19.5. The van der Waals surface area contributed by atoms with Gasteiger partial charge in [-0.2, -0.15) is 0 Å². The van der Waals surface area contributed by atoms with Crippen molar-refractivity contribution in [1.82, 2.24) is 0 Å². The standard InChI is InChI=1S/C21H25NO4/c1-13(2)17-8-6-7-9-19(17)26-15(4)20(23)22-18-12-16(21(24)25-5)11-10-14(18)3/h6-13,15H,1-5H3,(H,22,23). The summed E-state index contributed by atoms with van der Waals surface area (Å²) in [6, 6.07) is 12.7. The van der Waals surface area contributed by atoms with Gasteiger partial charge in [-0.3, -0.25) is 4.79 Å². The number of anilines is 1. The monoisotopic (exact) mass is 355 g/mol. The van der Waals surface area contributed by atoms with Gasteiger partial charge in [-0.25, -0.2) is 4.79 Å². The molecule has 1 atom stereocenters. The molecule has 0 aliphatic rings. The van der Waals surface area contributed by atoms with Crippen molar-refractivity contribution in [3.8, 4) is 5.75 Å². The lowest BCUT2D eigenvalue weighted by molar-refractivity contribution is -0.122. The van der Waals surface area contributed by atoms with E-state index >= 15 is 0 Å². The molecule has 0 bridgehead atoms. The molecule has 0 radical (unpaired) electrons. The van der Waals surface area contributed by atoms with Gasteiger partial charge in [0.1, 0.15) is 5.75 Å². The Bertz CT molecular complexity index is 798. The molecule has 5 nitrogen and oxygen atoms in total. The highest BCUT2D eigenvalue weighted by Crippen LogP contribution is 2.27. The van der Waals surface area contributed by atoms with Gasteiger partial charge in [0.2, 0.25) is 0 Å². The summed E-state index contributed by atoms with van der Waals surface area (Å²) in [6.07, 6.45) is -0.684. The topological polar surface area (TPSA) is 64.6 Å². The molecule has 26 heavy (non-hydrogen) atoms. The summed E-state index contributed by atoms with van der Waals surface area (Å²) in [4.78, 5) is 24.2. The second kappa shape index (κ2) is 8.52. The minimum absolute atomic E-state index is 0.284. The van der Waals surface area contributed by atoms with Crippen molar-refractivity contribution >= 4 is 17.6 Å². The summed E-state index contributed by atoms with van der Waals surface area (Å²) < 4.78 is 10.6. The molecule has 2 rings (SSSR count). The van der Waals surface area contributed by atoms with E-state index in [0.717, 1.165) is 11.1 Å². The third kappa shape index (κ3) is 4.63. The Morgan fingerprint density at radius 1 is 1.04 bits per heavy atom. The van der Waals surface area contributed by atoms with Crippen LogP contribution in [0.15, 0.2) is 42.5 Å². The number of benzene rings is 2. The smallest absolute Gasteiger partial charge is 0.337 e. The van der Waals surface area contributed by atoms with Crippen LogP contribution in [-0.4, -0.2) is 25.1 Å². The molecule has 1 amide bonds. The second-order valence-corrected chi connectivity index (χ2v) is 6.46. The van der Waals surface area contributed by atoms with E-state index < -0.39 is 12.1 Å². The molecule has 2 aromatic rings. The molecule has 0 saturated carbocycles. The molecule has 0 aliphatic heterocycles. The van der Waals surface area contributed by atoms with Gasteiger partial charge in [0.15, 0.2) is 6.10 Å². The molecule has 0 fully saturated rings. The van der Waals surface area contributed by atoms with Crippen molar-refractivity contribution < 1.29 is 19.1 Å². The lowest BCUT2D eigenvalue weighted by Gasteiger charge is -2.19. The number of carbonyl (C=O) groups is 2. The largest absolute Gasteiger partial charge is 0.481 e. The SMILES string of the molecule is COC(=O)c1ccc(C)c(NC(=O)C(C)Oc2ccccc2C(C)C)c1. The van der Waals surface area contributed by atoms with E-state index in [1.54, 1.807) is 25.1 Å². The van der Waals surface area contributed by atoms with E-state index in [2.05, 4.69) is 19.2 Å². The van der Waals surface area contributed by atoms with Crippen LogP contribution in [0.1, 0.15) is 48.2 Å². The van der Waals surface area contributed by atoms with Crippen LogP contribution in [0, 0.1) is 6.92 Å².